The van der Waals surface area contributed by atoms with Gasteiger partial charge in [0.05, 0.1) is 24.2 Å². The third kappa shape index (κ3) is 5.18. The van der Waals surface area contributed by atoms with Crippen LogP contribution in [-0.2, 0) is 9.53 Å². The van der Waals surface area contributed by atoms with E-state index in [0.717, 1.165) is 44.6 Å². The van der Waals surface area contributed by atoms with Crippen LogP contribution >= 0.6 is 11.6 Å². The maximum Gasteiger partial charge on any atom is 0.309 e. The summed E-state index contributed by atoms with van der Waals surface area (Å²) in [7, 11) is 0. The van der Waals surface area contributed by atoms with Crippen molar-refractivity contribution in [3.8, 4) is 5.75 Å². The monoisotopic (exact) mass is 325 g/mol. The Labute approximate surface area is 137 Å². The highest BCUT2D eigenvalue weighted by atomic mass is 35.5. The summed E-state index contributed by atoms with van der Waals surface area (Å²) in [5, 5.41) is 0.651. The Bertz CT molecular complexity index is 473. The van der Waals surface area contributed by atoms with Crippen molar-refractivity contribution >= 4 is 17.6 Å². The van der Waals surface area contributed by atoms with Gasteiger partial charge in [0.1, 0.15) is 5.75 Å². The zero-order valence-corrected chi connectivity index (χ0v) is 13.8. The van der Waals surface area contributed by atoms with Crippen LogP contribution in [0.4, 0.5) is 0 Å². The topological polar surface area (TPSA) is 38.8 Å². The lowest BCUT2D eigenvalue weighted by Gasteiger charge is -2.30. The number of esters is 1. The molecule has 1 aliphatic rings. The van der Waals surface area contributed by atoms with Crippen molar-refractivity contribution in [3.05, 3.63) is 29.3 Å². The molecule has 1 fully saturated rings. The van der Waals surface area contributed by atoms with Crippen molar-refractivity contribution < 1.29 is 14.3 Å². The molecule has 122 valence electrons. The summed E-state index contributed by atoms with van der Waals surface area (Å²) in [5.74, 6) is 0.782. The minimum absolute atomic E-state index is 0.0378. The van der Waals surface area contributed by atoms with Crippen molar-refractivity contribution in [1.29, 1.82) is 0 Å². The number of carbonyl (C=O) groups excluding carboxylic acids is 1. The molecule has 0 aliphatic carbocycles. The number of hydrogen-bond acceptors (Lipinski definition) is 4. The molecule has 0 radical (unpaired) electrons. The first kappa shape index (κ1) is 17.1. The Morgan fingerprint density at radius 3 is 2.73 bits per heavy atom. The van der Waals surface area contributed by atoms with E-state index in [9.17, 15) is 4.79 Å². The number of likely N-dealkylation sites (tertiary alicyclic amines) is 1. The van der Waals surface area contributed by atoms with E-state index in [2.05, 4.69) is 4.90 Å². The lowest BCUT2D eigenvalue weighted by Crippen LogP contribution is -2.37. The molecule has 1 aromatic rings. The third-order valence-corrected chi connectivity index (χ3v) is 4.23. The Kier molecular flexibility index (Phi) is 7.00. The number of carbonyl (C=O) groups is 1. The Morgan fingerprint density at radius 2 is 2.05 bits per heavy atom. The van der Waals surface area contributed by atoms with E-state index >= 15 is 0 Å². The van der Waals surface area contributed by atoms with Crippen molar-refractivity contribution in [2.75, 3.05) is 32.8 Å². The van der Waals surface area contributed by atoms with Crippen molar-refractivity contribution in [2.45, 2.75) is 26.2 Å². The molecule has 0 amide bonds. The summed E-state index contributed by atoms with van der Waals surface area (Å²) in [4.78, 5) is 14.1. The number of para-hydroxylation sites is 1. The van der Waals surface area contributed by atoms with Gasteiger partial charge in [0.15, 0.2) is 0 Å². The fourth-order valence-electron chi connectivity index (χ4n) is 2.68. The molecule has 22 heavy (non-hydrogen) atoms. The molecule has 0 N–H and O–H groups in total. The standard InChI is InChI=1S/C17H24ClNO3/c1-2-21-17(20)14-8-11-19(12-9-14)10-5-13-22-16-7-4-3-6-15(16)18/h3-4,6-7,14H,2,5,8-13H2,1H3. The second-order valence-corrected chi connectivity index (χ2v) is 5.91. The molecule has 1 aliphatic heterocycles. The van der Waals surface area contributed by atoms with Gasteiger partial charge in [-0.05, 0) is 51.4 Å². The van der Waals surface area contributed by atoms with Crippen molar-refractivity contribution in [2.24, 2.45) is 5.92 Å². The quantitative estimate of drug-likeness (QED) is 0.569. The molecule has 1 saturated heterocycles. The number of ether oxygens (including phenoxy) is 2. The molecule has 0 atom stereocenters. The first-order valence-electron chi connectivity index (χ1n) is 7.97. The highest BCUT2D eigenvalue weighted by molar-refractivity contribution is 6.32. The minimum atomic E-state index is -0.0378. The Morgan fingerprint density at radius 1 is 1.32 bits per heavy atom. The van der Waals surface area contributed by atoms with Crippen molar-refractivity contribution in [1.82, 2.24) is 4.90 Å². The Balaban J connectivity index is 1.61. The number of hydrogen-bond donors (Lipinski definition) is 0. The van der Waals surface area contributed by atoms with Gasteiger partial charge in [0, 0.05) is 6.54 Å². The van der Waals surface area contributed by atoms with Gasteiger partial charge in [-0.25, -0.2) is 0 Å². The number of halogens is 1. The molecule has 0 aromatic heterocycles. The second-order valence-electron chi connectivity index (χ2n) is 5.50. The lowest BCUT2D eigenvalue weighted by molar-refractivity contribution is -0.149. The highest BCUT2D eigenvalue weighted by Gasteiger charge is 2.25. The van der Waals surface area contributed by atoms with E-state index in [-0.39, 0.29) is 11.9 Å². The van der Waals surface area contributed by atoms with Crippen molar-refractivity contribution in [3.63, 3.8) is 0 Å². The van der Waals surface area contributed by atoms with Gasteiger partial charge >= 0.3 is 5.97 Å². The van der Waals surface area contributed by atoms with E-state index in [4.69, 9.17) is 21.1 Å². The number of benzene rings is 1. The average molecular weight is 326 g/mol. The molecule has 0 saturated carbocycles. The van der Waals surface area contributed by atoms with E-state index in [0.29, 0.717) is 18.2 Å². The van der Waals surface area contributed by atoms with Gasteiger partial charge < -0.3 is 14.4 Å². The van der Waals surface area contributed by atoms with Crippen LogP contribution in [0.15, 0.2) is 24.3 Å². The molecule has 0 bridgehead atoms. The summed E-state index contributed by atoms with van der Waals surface area (Å²) in [6, 6.07) is 7.52. The molecule has 0 unspecified atom stereocenters. The number of rotatable bonds is 7. The second kappa shape index (κ2) is 9.01. The van der Waals surface area contributed by atoms with Crippen LogP contribution < -0.4 is 4.74 Å². The largest absolute Gasteiger partial charge is 0.492 e. The van der Waals surface area contributed by atoms with Gasteiger partial charge in [-0.3, -0.25) is 4.79 Å². The SMILES string of the molecule is CCOC(=O)C1CCN(CCCOc2ccccc2Cl)CC1. The van der Waals surface area contributed by atoms with Crippen LogP contribution in [0.3, 0.4) is 0 Å². The minimum Gasteiger partial charge on any atom is -0.492 e. The van der Waals surface area contributed by atoms with Crippen LogP contribution in [0, 0.1) is 5.92 Å². The lowest BCUT2D eigenvalue weighted by atomic mass is 9.97. The van der Waals surface area contributed by atoms with E-state index < -0.39 is 0 Å². The Hall–Kier alpha value is -1.26. The first-order chi connectivity index (χ1) is 10.7. The predicted molar refractivity (Wildman–Crippen MR) is 87.4 cm³/mol. The van der Waals surface area contributed by atoms with E-state index in [1.54, 1.807) is 0 Å². The number of nitrogens with zero attached hydrogens (tertiary/aromatic N) is 1. The highest BCUT2D eigenvalue weighted by Crippen LogP contribution is 2.23. The maximum absolute atomic E-state index is 11.7. The molecule has 4 nitrogen and oxygen atoms in total. The normalized spacial score (nSPS) is 16.5. The van der Waals surface area contributed by atoms with Crippen LogP contribution in [0.1, 0.15) is 26.2 Å². The maximum atomic E-state index is 11.7. The van der Waals surface area contributed by atoms with Crippen LogP contribution in [-0.4, -0.2) is 43.7 Å². The summed E-state index contributed by atoms with van der Waals surface area (Å²) in [5.41, 5.74) is 0. The van der Waals surface area contributed by atoms with E-state index in [1.165, 1.54) is 0 Å². The molecule has 5 heteroatoms. The summed E-state index contributed by atoms with van der Waals surface area (Å²) in [6.07, 6.45) is 2.74. The van der Waals surface area contributed by atoms with E-state index in [1.807, 2.05) is 31.2 Å². The molecular formula is C17H24ClNO3. The van der Waals surface area contributed by atoms with Gasteiger partial charge in [-0.2, -0.15) is 0 Å². The van der Waals surface area contributed by atoms with Crippen LogP contribution in [0.5, 0.6) is 5.75 Å². The molecule has 1 heterocycles. The fourth-order valence-corrected chi connectivity index (χ4v) is 2.87. The summed E-state index contributed by atoms with van der Waals surface area (Å²) in [6.45, 7) is 5.87. The predicted octanol–water partition coefficient (Wildman–Crippen LogP) is 3.38. The summed E-state index contributed by atoms with van der Waals surface area (Å²) < 4.78 is 10.8. The van der Waals surface area contributed by atoms with Crippen LogP contribution in [0.2, 0.25) is 5.02 Å². The number of piperidine rings is 1. The smallest absolute Gasteiger partial charge is 0.309 e. The van der Waals surface area contributed by atoms with Crippen LogP contribution in [0.25, 0.3) is 0 Å². The fraction of sp³-hybridized carbons (Fsp3) is 0.588. The van der Waals surface area contributed by atoms with Gasteiger partial charge in [0.2, 0.25) is 0 Å². The first-order valence-corrected chi connectivity index (χ1v) is 8.34. The molecular weight excluding hydrogens is 302 g/mol. The van der Waals surface area contributed by atoms with Gasteiger partial charge in [-0.1, -0.05) is 23.7 Å². The van der Waals surface area contributed by atoms with Gasteiger partial charge in [-0.15, -0.1) is 0 Å². The molecule has 1 aromatic carbocycles. The average Bonchev–Trinajstić information content (AvgIpc) is 2.54. The van der Waals surface area contributed by atoms with Gasteiger partial charge in [0.25, 0.3) is 0 Å². The zero-order valence-electron chi connectivity index (χ0n) is 13.1. The summed E-state index contributed by atoms with van der Waals surface area (Å²) >= 11 is 6.04. The zero-order chi connectivity index (χ0) is 15.8. The molecule has 2 rings (SSSR count). The third-order valence-electron chi connectivity index (χ3n) is 3.92. The molecule has 0 spiro atoms.